The van der Waals surface area contributed by atoms with Gasteiger partial charge in [0, 0.05) is 38.1 Å². The Morgan fingerprint density at radius 2 is 1.88 bits per heavy atom. The van der Waals surface area contributed by atoms with E-state index >= 15 is 0 Å². The van der Waals surface area contributed by atoms with Crippen molar-refractivity contribution in [2.24, 2.45) is 0 Å². The Morgan fingerprint density at radius 1 is 1.23 bits per heavy atom. The van der Waals surface area contributed by atoms with Crippen LogP contribution in [0, 0.1) is 0 Å². The van der Waals surface area contributed by atoms with E-state index in [1.54, 1.807) is 11.8 Å². The normalized spacial score (nSPS) is 16.8. The van der Waals surface area contributed by atoms with Crippen LogP contribution in [0.5, 0.6) is 5.75 Å². The molecule has 1 aromatic rings. The SMILES string of the molecule is CC1Oc2ccccc2N(CCC(=O)NCCN(C(C)C)C(C)C)C1=O. The molecular formula is C20H31N3O3. The first-order valence-electron chi connectivity index (χ1n) is 9.40. The van der Waals surface area contributed by atoms with Crippen molar-refractivity contribution in [2.45, 2.75) is 59.2 Å². The van der Waals surface area contributed by atoms with Gasteiger partial charge in [-0.3, -0.25) is 14.5 Å². The van der Waals surface area contributed by atoms with E-state index in [-0.39, 0.29) is 18.2 Å². The second kappa shape index (κ2) is 9.03. The van der Waals surface area contributed by atoms with E-state index in [9.17, 15) is 9.59 Å². The number of benzene rings is 1. The van der Waals surface area contributed by atoms with Crippen LogP contribution < -0.4 is 15.0 Å². The number of fused-ring (bicyclic) bond motifs is 1. The fraction of sp³-hybridized carbons (Fsp3) is 0.600. The highest BCUT2D eigenvalue weighted by Crippen LogP contribution is 2.33. The van der Waals surface area contributed by atoms with Crippen LogP contribution in [0.1, 0.15) is 41.0 Å². The minimum atomic E-state index is -0.529. The van der Waals surface area contributed by atoms with Gasteiger partial charge in [-0.2, -0.15) is 0 Å². The number of nitrogens with zero attached hydrogens (tertiary/aromatic N) is 2. The maximum absolute atomic E-state index is 12.4. The number of carbonyl (C=O) groups is 2. The lowest BCUT2D eigenvalue weighted by atomic mass is 10.1. The number of anilines is 1. The summed E-state index contributed by atoms with van der Waals surface area (Å²) in [6.07, 6.45) is -0.255. The number of hydrogen-bond acceptors (Lipinski definition) is 4. The average Bonchev–Trinajstić information content (AvgIpc) is 2.58. The van der Waals surface area contributed by atoms with Gasteiger partial charge < -0.3 is 15.0 Å². The van der Waals surface area contributed by atoms with Gasteiger partial charge in [0.25, 0.3) is 5.91 Å². The molecule has 0 bridgehead atoms. The van der Waals surface area contributed by atoms with E-state index in [4.69, 9.17) is 4.74 Å². The fourth-order valence-electron chi connectivity index (χ4n) is 3.33. The number of ether oxygens (including phenoxy) is 1. The fourth-order valence-corrected chi connectivity index (χ4v) is 3.33. The Labute approximate surface area is 156 Å². The number of hydrogen-bond donors (Lipinski definition) is 1. The molecule has 1 atom stereocenters. The largest absolute Gasteiger partial charge is 0.479 e. The highest BCUT2D eigenvalue weighted by molar-refractivity contribution is 6.00. The molecule has 0 aliphatic carbocycles. The van der Waals surface area contributed by atoms with E-state index in [2.05, 4.69) is 37.9 Å². The third-order valence-corrected chi connectivity index (χ3v) is 4.65. The van der Waals surface area contributed by atoms with Crippen LogP contribution in [0.4, 0.5) is 5.69 Å². The van der Waals surface area contributed by atoms with E-state index in [0.29, 0.717) is 30.9 Å². The lowest BCUT2D eigenvalue weighted by molar-refractivity contribution is -0.125. The van der Waals surface area contributed by atoms with Crippen LogP contribution in [-0.4, -0.2) is 54.5 Å². The highest BCUT2D eigenvalue weighted by atomic mass is 16.5. The Hall–Kier alpha value is -2.08. The zero-order valence-corrected chi connectivity index (χ0v) is 16.5. The van der Waals surface area contributed by atoms with Crippen molar-refractivity contribution >= 4 is 17.5 Å². The molecule has 1 aliphatic heterocycles. The van der Waals surface area contributed by atoms with Gasteiger partial charge in [-0.15, -0.1) is 0 Å². The third-order valence-electron chi connectivity index (χ3n) is 4.65. The molecule has 6 heteroatoms. The molecule has 0 spiro atoms. The zero-order chi connectivity index (χ0) is 19.3. The van der Waals surface area contributed by atoms with Gasteiger partial charge in [0.2, 0.25) is 5.91 Å². The molecule has 26 heavy (non-hydrogen) atoms. The van der Waals surface area contributed by atoms with E-state index in [1.807, 2.05) is 24.3 Å². The molecule has 0 saturated carbocycles. The van der Waals surface area contributed by atoms with Crippen LogP contribution in [0.15, 0.2) is 24.3 Å². The maximum Gasteiger partial charge on any atom is 0.267 e. The van der Waals surface area contributed by atoms with Crippen LogP contribution in [0.2, 0.25) is 0 Å². The van der Waals surface area contributed by atoms with Crippen LogP contribution in [0.25, 0.3) is 0 Å². The second-order valence-electron chi connectivity index (χ2n) is 7.24. The molecule has 6 nitrogen and oxygen atoms in total. The summed E-state index contributed by atoms with van der Waals surface area (Å²) in [4.78, 5) is 28.6. The molecule has 1 aliphatic rings. The molecule has 144 valence electrons. The third kappa shape index (κ3) is 4.97. The van der Waals surface area contributed by atoms with Gasteiger partial charge in [0.1, 0.15) is 5.75 Å². The number of amides is 2. The maximum atomic E-state index is 12.4. The lowest BCUT2D eigenvalue weighted by Crippen LogP contribution is -2.46. The summed E-state index contributed by atoms with van der Waals surface area (Å²) in [5.74, 6) is 0.536. The summed E-state index contributed by atoms with van der Waals surface area (Å²) in [5.41, 5.74) is 0.731. The van der Waals surface area contributed by atoms with Crippen molar-refractivity contribution in [3.63, 3.8) is 0 Å². The van der Waals surface area contributed by atoms with Crippen LogP contribution in [-0.2, 0) is 9.59 Å². The van der Waals surface area contributed by atoms with Crippen molar-refractivity contribution in [3.8, 4) is 5.75 Å². The summed E-state index contributed by atoms with van der Waals surface area (Å²) >= 11 is 0. The molecule has 1 heterocycles. The van der Waals surface area contributed by atoms with Crippen molar-refractivity contribution in [1.82, 2.24) is 10.2 Å². The predicted octanol–water partition coefficient (Wildman–Crippen LogP) is 2.43. The monoisotopic (exact) mass is 361 g/mol. The summed E-state index contributed by atoms with van der Waals surface area (Å²) in [6.45, 7) is 12.1. The van der Waals surface area contributed by atoms with Gasteiger partial charge in [-0.05, 0) is 46.8 Å². The number of para-hydroxylation sites is 2. The number of carbonyl (C=O) groups excluding carboxylic acids is 2. The van der Waals surface area contributed by atoms with Crippen LogP contribution >= 0.6 is 0 Å². The molecule has 1 unspecified atom stereocenters. The molecule has 0 fully saturated rings. The topological polar surface area (TPSA) is 61.9 Å². The molecular weight excluding hydrogens is 330 g/mol. The lowest BCUT2D eigenvalue weighted by Gasteiger charge is -2.33. The first-order valence-corrected chi connectivity index (χ1v) is 9.40. The van der Waals surface area contributed by atoms with Gasteiger partial charge in [-0.25, -0.2) is 0 Å². The molecule has 1 aromatic carbocycles. The van der Waals surface area contributed by atoms with Crippen molar-refractivity contribution in [1.29, 1.82) is 0 Å². The summed E-state index contributed by atoms with van der Waals surface area (Å²) in [6, 6.07) is 8.32. The first kappa shape index (κ1) is 20.2. The Bertz CT molecular complexity index is 622. The second-order valence-corrected chi connectivity index (χ2v) is 7.24. The van der Waals surface area contributed by atoms with Crippen molar-refractivity contribution in [3.05, 3.63) is 24.3 Å². The minimum Gasteiger partial charge on any atom is -0.479 e. The molecule has 0 radical (unpaired) electrons. The van der Waals surface area contributed by atoms with E-state index in [1.165, 1.54) is 0 Å². The number of nitrogens with one attached hydrogen (secondary N) is 1. The number of rotatable bonds is 8. The molecule has 2 rings (SSSR count). The molecule has 0 aromatic heterocycles. The van der Waals surface area contributed by atoms with E-state index in [0.717, 1.165) is 12.2 Å². The van der Waals surface area contributed by atoms with Gasteiger partial charge in [-0.1, -0.05) is 12.1 Å². The van der Waals surface area contributed by atoms with Gasteiger partial charge in [0.15, 0.2) is 6.10 Å². The van der Waals surface area contributed by atoms with Gasteiger partial charge in [0.05, 0.1) is 5.69 Å². The first-order chi connectivity index (χ1) is 12.3. The Morgan fingerprint density at radius 3 is 2.54 bits per heavy atom. The summed E-state index contributed by atoms with van der Waals surface area (Å²) in [7, 11) is 0. The molecule has 0 saturated heterocycles. The van der Waals surface area contributed by atoms with E-state index < -0.39 is 6.10 Å². The van der Waals surface area contributed by atoms with Crippen molar-refractivity contribution in [2.75, 3.05) is 24.5 Å². The van der Waals surface area contributed by atoms with Crippen molar-refractivity contribution < 1.29 is 14.3 Å². The standard InChI is InChI=1S/C20H31N3O3/c1-14(2)22(15(3)4)13-11-21-19(24)10-12-23-17-8-6-7-9-18(17)26-16(5)20(23)25/h6-9,14-16H,10-13H2,1-5H3,(H,21,24). The van der Waals surface area contributed by atoms with Crippen LogP contribution in [0.3, 0.4) is 0 Å². The summed E-state index contributed by atoms with van der Waals surface area (Å²) < 4.78 is 5.62. The molecule has 2 amide bonds. The summed E-state index contributed by atoms with van der Waals surface area (Å²) in [5, 5.41) is 2.96. The highest BCUT2D eigenvalue weighted by Gasteiger charge is 2.31. The Balaban J connectivity index is 1.86. The minimum absolute atomic E-state index is 0.0399. The zero-order valence-electron chi connectivity index (χ0n) is 16.5. The molecule has 1 N–H and O–H groups in total. The van der Waals surface area contributed by atoms with Gasteiger partial charge >= 0.3 is 0 Å². The quantitative estimate of drug-likeness (QED) is 0.772. The smallest absolute Gasteiger partial charge is 0.267 e. The Kier molecular flexibility index (Phi) is 7.03. The average molecular weight is 361 g/mol. The predicted molar refractivity (Wildman–Crippen MR) is 103 cm³/mol.